The van der Waals surface area contributed by atoms with E-state index in [0.717, 1.165) is 43.6 Å². The Morgan fingerprint density at radius 1 is 1.32 bits per heavy atom. The van der Waals surface area contributed by atoms with E-state index in [1.807, 2.05) is 12.1 Å². The second kappa shape index (κ2) is 8.39. The van der Waals surface area contributed by atoms with Crippen LogP contribution in [0.15, 0.2) is 36.1 Å². The van der Waals surface area contributed by atoms with Crippen molar-refractivity contribution in [2.75, 3.05) is 33.9 Å². The number of amides is 1. The maximum Gasteiger partial charge on any atom is 0.250 e. The van der Waals surface area contributed by atoms with Crippen LogP contribution in [0.3, 0.4) is 0 Å². The maximum absolute atomic E-state index is 12.4. The van der Waals surface area contributed by atoms with Gasteiger partial charge >= 0.3 is 0 Å². The first-order valence-electron chi connectivity index (χ1n) is 9.12. The molecule has 0 unspecified atom stereocenters. The molecule has 5 nitrogen and oxygen atoms in total. The molecule has 1 amide bonds. The van der Waals surface area contributed by atoms with Crippen LogP contribution in [-0.2, 0) is 9.53 Å². The second-order valence-corrected chi connectivity index (χ2v) is 6.93. The van der Waals surface area contributed by atoms with E-state index < -0.39 is 0 Å². The van der Waals surface area contributed by atoms with Gasteiger partial charge in [-0.25, -0.2) is 0 Å². The van der Waals surface area contributed by atoms with Crippen LogP contribution in [0.4, 0.5) is 0 Å². The lowest BCUT2D eigenvalue weighted by molar-refractivity contribution is -0.118. The molecule has 2 aliphatic heterocycles. The van der Waals surface area contributed by atoms with Crippen molar-refractivity contribution in [2.45, 2.75) is 31.7 Å². The Bertz CT molecular complexity index is 612. The highest BCUT2D eigenvalue weighted by molar-refractivity contribution is 5.93. The number of hydrogen-bond acceptors (Lipinski definition) is 4. The molecule has 25 heavy (non-hydrogen) atoms. The number of carbonyl (C=O) groups excluding carboxylic acids is 1. The van der Waals surface area contributed by atoms with Crippen LogP contribution in [0.1, 0.15) is 37.3 Å². The second-order valence-electron chi connectivity index (χ2n) is 6.93. The van der Waals surface area contributed by atoms with Crippen LogP contribution in [0.25, 0.3) is 0 Å². The molecule has 2 aliphatic rings. The number of carbonyl (C=O) groups is 1. The van der Waals surface area contributed by atoms with Gasteiger partial charge in [-0.05, 0) is 62.9 Å². The highest BCUT2D eigenvalue weighted by atomic mass is 16.5. The minimum atomic E-state index is 0.0152. The fourth-order valence-electron chi connectivity index (χ4n) is 3.87. The predicted octanol–water partition coefficient (Wildman–Crippen LogP) is 2.89. The third-order valence-corrected chi connectivity index (χ3v) is 5.21. The van der Waals surface area contributed by atoms with Crippen molar-refractivity contribution in [1.29, 1.82) is 0 Å². The summed E-state index contributed by atoms with van der Waals surface area (Å²) in [5.74, 6) is 1.29. The van der Waals surface area contributed by atoms with E-state index in [9.17, 15) is 4.79 Å². The van der Waals surface area contributed by atoms with Gasteiger partial charge < -0.3 is 14.8 Å². The van der Waals surface area contributed by atoms with Crippen molar-refractivity contribution >= 4 is 5.91 Å². The monoisotopic (exact) mass is 344 g/mol. The molecular weight excluding hydrogens is 316 g/mol. The first-order valence-corrected chi connectivity index (χ1v) is 9.12. The molecule has 0 aromatic heterocycles. The van der Waals surface area contributed by atoms with Crippen molar-refractivity contribution < 1.29 is 14.3 Å². The zero-order chi connectivity index (χ0) is 17.6. The molecule has 1 aromatic rings. The first kappa shape index (κ1) is 17.8. The van der Waals surface area contributed by atoms with Gasteiger partial charge in [0.15, 0.2) is 0 Å². The van der Waals surface area contributed by atoms with Crippen LogP contribution < -0.4 is 10.1 Å². The van der Waals surface area contributed by atoms with Gasteiger partial charge in [0.2, 0.25) is 5.91 Å². The number of benzene rings is 1. The lowest BCUT2D eigenvalue weighted by atomic mass is 9.84. The lowest BCUT2D eigenvalue weighted by Crippen LogP contribution is -2.42. The minimum absolute atomic E-state index is 0.0152. The number of nitrogens with zero attached hydrogens (tertiary/aromatic N) is 1. The van der Waals surface area contributed by atoms with Gasteiger partial charge in [-0.3, -0.25) is 9.69 Å². The molecule has 136 valence electrons. The average molecular weight is 344 g/mol. The molecule has 3 rings (SSSR count). The van der Waals surface area contributed by atoms with Gasteiger partial charge in [0, 0.05) is 12.6 Å². The largest absolute Gasteiger partial charge is 0.501 e. The van der Waals surface area contributed by atoms with Gasteiger partial charge in [-0.15, -0.1) is 0 Å². The summed E-state index contributed by atoms with van der Waals surface area (Å²) in [4.78, 5) is 14.8. The zero-order valence-corrected chi connectivity index (χ0v) is 15.2. The smallest absolute Gasteiger partial charge is 0.250 e. The molecule has 1 fully saturated rings. The normalized spacial score (nSPS) is 24.2. The number of nitrogens with one attached hydrogen (secondary N) is 1. The summed E-state index contributed by atoms with van der Waals surface area (Å²) in [6, 6.07) is 8.61. The lowest BCUT2D eigenvalue weighted by Gasteiger charge is -2.39. The Morgan fingerprint density at radius 2 is 2.12 bits per heavy atom. The Balaban J connectivity index is 1.66. The number of methoxy groups -OCH3 is 1. The van der Waals surface area contributed by atoms with E-state index in [0.29, 0.717) is 25.1 Å². The molecule has 0 radical (unpaired) electrons. The fraction of sp³-hybridized carbons (Fsp3) is 0.550. The quantitative estimate of drug-likeness (QED) is 0.892. The van der Waals surface area contributed by atoms with E-state index in [-0.39, 0.29) is 5.91 Å². The van der Waals surface area contributed by atoms with Crippen molar-refractivity contribution in [3.63, 3.8) is 0 Å². The Hall–Kier alpha value is -2.01. The molecule has 5 heteroatoms. The Kier molecular flexibility index (Phi) is 5.97. The summed E-state index contributed by atoms with van der Waals surface area (Å²) < 4.78 is 10.5. The SMILES string of the molecule is COc1ccc([C@@H]2[C@H](CNC(=O)C3=COCCC3)CCCN2C)cc1. The Labute approximate surface area is 150 Å². The summed E-state index contributed by atoms with van der Waals surface area (Å²) in [6.07, 6.45) is 5.62. The topological polar surface area (TPSA) is 50.8 Å². The van der Waals surface area contributed by atoms with Crippen molar-refractivity contribution in [3.05, 3.63) is 41.7 Å². The molecule has 2 atom stereocenters. The van der Waals surface area contributed by atoms with Crippen molar-refractivity contribution in [2.24, 2.45) is 5.92 Å². The van der Waals surface area contributed by atoms with E-state index >= 15 is 0 Å². The molecule has 2 heterocycles. The number of likely N-dealkylation sites (tertiary alicyclic amines) is 1. The van der Waals surface area contributed by atoms with Gasteiger partial charge in [0.25, 0.3) is 0 Å². The van der Waals surface area contributed by atoms with Gasteiger partial charge in [-0.1, -0.05) is 12.1 Å². The number of ether oxygens (including phenoxy) is 2. The van der Waals surface area contributed by atoms with Crippen LogP contribution >= 0.6 is 0 Å². The molecule has 1 saturated heterocycles. The third kappa shape index (κ3) is 4.34. The third-order valence-electron chi connectivity index (χ3n) is 5.21. The summed E-state index contributed by atoms with van der Waals surface area (Å²) in [5.41, 5.74) is 2.04. The van der Waals surface area contributed by atoms with E-state index in [1.165, 1.54) is 5.56 Å². The zero-order valence-electron chi connectivity index (χ0n) is 15.2. The molecule has 0 spiro atoms. The minimum Gasteiger partial charge on any atom is -0.501 e. The van der Waals surface area contributed by atoms with Crippen molar-refractivity contribution in [1.82, 2.24) is 10.2 Å². The summed E-state index contributed by atoms with van der Waals surface area (Å²) in [5, 5.41) is 3.13. The van der Waals surface area contributed by atoms with E-state index in [2.05, 4.69) is 29.4 Å². The highest BCUT2D eigenvalue weighted by Crippen LogP contribution is 2.35. The maximum atomic E-state index is 12.4. The molecule has 1 N–H and O–H groups in total. The number of piperidine rings is 1. The van der Waals surface area contributed by atoms with Crippen LogP contribution in [0.2, 0.25) is 0 Å². The number of hydrogen-bond donors (Lipinski definition) is 1. The Morgan fingerprint density at radius 3 is 2.80 bits per heavy atom. The summed E-state index contributed by atoms with van der Waals surface area (Å²) >= 11 is 0. The van der Waals surface area contributed by atoms with Gasteiger partial charge in [-0.2, -0.15) is 0 Å². The molecule has 0 aliphatic carbocycles. The summed E-state index contributed by atoms with van der Waals surface area (Å²) in [7, 11) is 3.85. The fourth-order valence-corrected chi connectivity index (χ4v) is 3.87. The van der Waals surface area contributed by atoms with E-state index in [1.54, 1.807) is 13.4 Å². The summed E-state index contributed by atoms with van der Waals surface area (Å²) in [6.45, 7) is 2.49. The van der Waals surface area contributed by atoms with Gasteiger partial charge in [0.05, 0.1) is 25.6 Å². The molecule has 0 saturated carbocycles. The van der Waals surface area contributed by atoms with E-state index in [4.69, 9.17) is 9.47 Å². The van der Waals surface area contributed by atoms with Crippen LogP contribution in [0, 0.1) is 5.92 Å². The first-order chi connectivity index (χ1) is 12.2. The molecular formula is C20H28N2O3. The highest BCUT2D eigenvalue weighted by Gasteiger charge is 2.31. The average Bonchev–Trinajstić information content (AvgIpc) is 2.67. The van der Waals surface area contributed by atoms with Gasteiger partial charge in [0.1, 0.15) is 5.75 Å². The van der Waals surface area contributed by atoms with Crippen LogP contribution in [0.5, 0.6) is 5.75 Å². The van der Waals surface area contributed by atoms with Crippen molar-refractivity contribution in [3.8, 4) is 5.75 Å². The van der Waals surface area contributed by atoms with Crippen LogP contribution in [-0.4, -0.2) is 44.7 Å². The standard InChI is InChI=1S/C20H28N2O3/c1-22-11-3-5-16(13-21-20(23)17-6-4-12-25-14-17)19(22)15-7-9-18(24-2)10-8-15/h7-10,14,16,19H,3-6,11-13H2,1-2H3,(H,21,23)/t16-,19+/m0/s1. The molecule has 0 bridgehead atoms. The molecule has 1 aromatic carbocycles. The number of rotatable bonds is 5. The predicted molar refractivity (Wildman–Crippen MR) is 97.4 cm³/mol.